The predicted octanol–water partition coefficient (Wildman–Crippen LogP) is 8.00. The van der Waals surface area contributed by atoms with E-state index in [2.05, 4.69) is 71.4 Å². The molecule has 2 heteroatoms. The Morgan fingerprint density at radius 1 is 0.943 bits per heavy atom. The predicted molar refractivity (Wildman–Crippen MR) is 147 cm³/mol. The fourth-order valence-electron chi connectivity index (χ4n) is 7.22. The molecule has 3 aliphatic carbocycles. The summed E-state index contributed by atoms with van der Waals surface area (Å²) in [5.74, 6) is 2.36. The average Bonchev–Trinajstić information content (AvgIpc) is 2.88. The van der Waals surface area contributed by atoms with Crippen LogP contribution in [0.2, 0.25) is 0 Å². The first-order chi connectivity index (χ1) is 17.2. The van der Waals surface area contributed by atoms with Crippen LogP contribution in [-0.2, 0) is 6.42 Å². The van der Waals surface area contributed by atoms with E-state index >= 15 is 0 Å². The summed E-state index contributed by atoms with van der Waals surface area (Å²) >= 11 is 0. The molecule has 4 aliphatic rings. The van der Waals surface area contributed by atoms with Gasteiger partial charge >= 0.3 is 0 Å². The van der Waals surface area contributed by atoms with Gasteiger partial charge in [-0.3, -0.25) is 4.98 Å². The smallest absolute Gasteiger partial charge is 0.0552 e. The van der Waals surface area contributed by atoms with Crippen LogP contribution in [0.5, 0.6) is 0 Å². The number of rotatable bonds is 3. The Labute approximate surface area is 209 Å². The zero-order valence-corrected chi connectivity index (χ0v) is 21.0. The molecule has 0 radical (unpaired) electrons. The molecule has 178 valence electrons. The zero-order chi connectivity index (χ0) is 23.4. The fraction of sp³-hybridized carbons (Fsp3) is 0.424. The van der Waals surface area contributed by atoms with Crippen LogP contribution in [0.25, 0.3) is 16.3 Å². The summed E-state index contributed by atoms with van der Waals surface area (Å²) in [6.45, 7) is 4.29. The average molecular weight is 461 g/mol. The Bertz CT molecular complexity index is 1320. The van der Waals surface area contributed by atoms with E-state index in [0.29, 0.717) is 5.92 Å². The van der Waals surface area contributed by atoms with Gasteiger partial charge in [-0.2, -0.15) is 0 Å². The highest BCUT2D eigenvalue weighted by atomic mass is 15.1. The number of hydrogen-bond donors (Lipinski definition) is 0. The summed E-state index contributed by atoms with van der Waals surface area (Å²) in [6.07, 6.45) is 17.4. The molecular weight excluding hydrogens is 424 g/mol. The molecule has 1 saturated carbocycles. The molecule has 0 amide bonds. The third-order valence-electron chi connectivity index (χ3n) is 9.47. The van der Waals surface area contributed by atoms with Crippen molar-refractivity contribution in [1.29, 1.82) is 0 Å². The molecule has 1 aliphatic heterocycles. The van der Waals surface area contributed by atoms with Gasteiger partial charge in [0.25, 0.3) is 0 Å². The summed E-state index contributed by atoms with van der Waals surface area (Å²) in [4.78, 5) is 7.01. The third-order valence-corrected chi connectivity index (χ3v) is 9.47. The molecule has 2 nitrogen and oxygen atoms in total. The van der Waals surface area contributed by atoms with Crippen LogP contribution in [0.1, 0.15) is 73.2 Å². The van der Waals surface area contributed by atoms with Crippen LogP contribution in [0.3, 0.4) is 0 Å². The van der Waals surface area contributed by atoms with Crippen molar-refractivity contribution < 1.29 is 0 Å². The maximum absolute atomic E-state index is 4.50. The molecule has 0 bridgehead atoms. The van der Waals surface area contributed by atoms with Gasteiger partial charge in [0.05, 0.1) is 11.9 Å². The van der Waals surface area contributed by atoms with Gasteiger partial charge in [0.2, 0.25) is 0 Å². The Balaban J connectivity index is 1.17. The van der Waals surface area contributed by atoms with Crippen LogP contribution in [0.15, 0.2) is 66.4 Å². The topological polar surface area (TPSA) is 16.1 Å². The number of allylic oxidation sites excluding steroid dienone is 4. The zero-order valence-electron chi connectivity index (χ0n) is 21.0. The first-order valence-corrected chi connectivity index (χ1v) is 13.9. The minimum atomic E-state index is 0.656. The number of piperidine rings is 1. The number of fused-ring (bicyclic) bond motifs is 4. The second-order valence-corrected chi connectivity index (χ2v) is 11.4. The Morgan fingerprint density at radius 3 is 2.60 bits per heavy atom. The maximum atomic E-state index is 4.50. The maximum Gasteiger partial charge on any atom is 0.0552 e. The molecule has 1 aromatic heterocycles. The molecule has 2 heterocycles. The van der Waals surface area contributed by atoms with E-state index in [9.17, 15) is 0 Å². The minimum Gasteiger partial charge on any atom is -0.370 e. The van der Waals surface area contributed by atoms with Crippen LogP contribution >= 0.6 is 0 Å². The molecule has 35 heavy (non-hydrogen) atoms. The molecule has 1 saturated heterocycles. The summed E-state index contributed by atoms with van der Waals surface area (Å²) in [7, 11) is 0. The van der Waals surface area contributed by atoms with Crippen LogP contribution in [0.4, 0.5) is 5.69 Å². The number of benzene rings is 2. The van der Waals surface area contributed by atoms with Crippen molar-refractivity contribution in [2.75, 3.05) is 18.0 Å². The van der Waals surface area contributed by atoms with Crippen molar-refractivity contribution in [2.24, 2.45) is 11.8 Å². The van der Waals surface area contributed by atoms with Crippen molar-refractivity contribution in [3.63, 3.8) is 0 Å². The van der Waals surface area contributed by atoms with E-state index in [-0.39, 0.29) is 0 Å². The van der Waals surface area contributed by atoms with E-state index in [0.717, 1.165) is 30.6 Å². The van der Waals surface area contributed by atoms with E-state index < -0.39 is 0 Å². The molecule has 0 N–H and O–H groups in total. The monoisotopic (exact) mass is 460 g/mol. The first-order valence-electron chi connectivity index (χ1n) is 13.9. The standard InChI is InChI=1S/C33H36N2/c1-22-9-12-27(21-34-22)35-17-15-23(16-18-35)25-10-13-28-26(19-25)11-14-31-29-7-2-3-8-30(29)32(20-33(28)31)24-5-4-6-24/h2,7,9-14,19,21,23-24,32H,3-6,8,15-18,20H2,1H3. The summed E-state index contributed by atoms with van der Waals surface area (Å²) in [6, 6.07) is 16.6. The highest BCUT2D eigenvalue weighted by molar-refractivity contribution is 5.94. The molecule has 2 fully saturated rings. The largest absolute Gasteiger partial charge is 0.370 e. The van der Waals surface area contributed by atoms with Crippen molar-refractivity contribution in [3.05, 3.63) is 88.8 Å². The normalized spacial score (nSPS) is 22.8. The molecule has 1 atom stereocenters. The van der Waals surface area contributed by atoms with Gasteiger partial charge in [-0.25, -0.2) is 0 Å². The lowest BCUT2D eigenvalue weighted by molar-refractivity contribution is 0.227. The van der Waals surface area contributed by atoms with E-state index in [1.165, 1.54) is 79.0 Å². The number of aromatic nitrogens is 1. The Morgan fingerprint density at radius 2 is 1.83 bits per heavy atom. The summed E-state index contributed by atoms with van der Waals surface area (Å²) in [5, 5.41) is 2.95. The molecule has 2 aromatic carbocycles. The minimum absolute atomic E-state index is 0.656. The van der Waals surface area contributed by atoms with Crippen molar-refractivity contribution in [3.8, 4) is 0 Å². The lowest BCUT2D eigenvalue weighted by Gasteiger charge is -2.41. The highest BCUT2D eigenvalue weighted by Gasteiger charge is 2.35. The van der Waals surface area contributed by atoms with Gasteiger partial charge in [-0.1, -0.05) is 54.5 Å². The molecule has 3 aromatic rings. The van der Waals surface area contributed by atoms with Gasteiger partial charge < -0.3 is 4.90 Å². The van der Waals surface area contributed by atoms with Gasteiger partial charge in [0.15, 0.2) is 0 Å². The molecule has 7 rings (SSSR count). The van der Waals surface area contributed by atoms with E-state index in [1.807, 2.05) is 6.20 Å². The summed E-state index contributed by atoms with van der Waals surface area (Å²) in [5.41, 5.74) is 10.4. The third kappa shape index (κ3) is 3.73. The molecular formula is C33H36N2. The molecule has 0 spiro atoms. The van der Waals surface area contributed by atoms with Gasteiger partial charge in [-0.15, -0.1) is 0 Å². The Kier molecular flexibility index (Phi) is 5.30. The summed E-state index contributed by atoms with van der Waals surface area (Å²) < 4.78 is 0. The van der Waals surface area contributed by atoms with Crippen LogP contribution in [-0.4, -0.2) is 18.1 Å². The number of nitrogens with zero attached hydrogens (tertiary/aromatic N) is 2. The van der Waals surface area contributed by atoms with Gasteiger partial charge in [0.1, 0.15) is 0 Å². The molecule has 1 unspecified atom stereocenters. The van der Waals surface area contributed by atoms with E-state index in [1.54, 1.807) is 16.7 Å². The van der Waals surface area contributed by atoms with Crippen molar-refractivity contribution in [1.82, 2.24) is 4.98 Å². The lowest BCUT2D eigenvalue weighted by Crippen LogP contribution is -2.32. The number of pyridine rings is 1. The van der Waals surface area contributed by atoms with Crippen molar-refractivity contribution in [2.45, 2.75) is 64.2 Å². The number of anilines is 1. The first kappa shape index (κ1) is 21.4. The van der Waals surface area contributed by atoms with Gasteiger partial charge in [0, 0.05) is 18.8 Å². The van der Waals surface area contributed by atoms with Crippen LogP contribution in [0, 0.1) is 18.8 Å². The lowest BCUT2D eigenvalue weighted by atomic mass is 9.64. The fourth-order valence-corrected chi connectivity index (χ4v) is 7.22. The quantitative estimate of drug-likeness (QED) is 0.393. The second-order valence-electron chi connectivity index (χ2n) is 11.4. The highest BCUT2D eigenvalue weighted by Crippen LogP contribution is 2.49. The second kappa shape index (κ2) is 8.66. The Hall–Kier alpha value is -2.87. The number of hydrogen-bond acceptors (Lipinski definition) is 2. The van der Waals surface area contributed by atoms with E-state index in [4.69, 9.17) is 0 Å². The van der Waals surface area contributed by atoms with Crippen LogP contribution < -0.4 is 4.90 Å². The van der Waals surface area contributed by atoms with Gasteiger partial charge in [-0.05, 0) is 115 Å². The van der Waals surface area contributed by atoms with Crippen molar-refractivity contribution >= 4 is 22.0 Å². The number of aryl methyl sites for hydroxylation is 1. The SMILES string of the molecule is Cc1ccc(N2CCC(c3ccc4c5c(ccc4c3)C3=C(CCC=C3)C(C3CCC3)C5)CC2)cn1.